The fourth-order valence-corrected chi connectivity index (χ4v) is 2.10. The van der Waals surface area contributed by atoms with Crippen LogP contribution in [0.25, 0.3) is 0 Å². The minimum atomic E-state index is -0.153. The van der Waals surface area contributed by atoms with E-state index >= 15 is 0 Å². The van der Waals surface area contributed by atoms with E-state index in [2.05, 4.69) is 22.5 Å². The van der Waals surface area contributed by atoms with Crippen LogP contribution < -0.4 is 10.6 Å². The molecule has 1 aliphatic rings. The monoisotopic (exact) mass is 420 g/mol. The summed E-state index contributed by atoms with van der Waals surface area (Å²) < 4.78 is 13.7. The molecule has 1 aliphatic carbocycles. The standard InChI is InChI=1S/C16H25FN4.HI/c1-4-18-16(20-14-6-7-14)19-10-12-5-8-15(17)13(9-12)11-21(2)3;/h5,8-9,14H,4,6-7,10-11H2,1-3H3,(H2,18,19,20);1H. The second kappa shape index (κ2) is 9.29. The van der Waals surface area contributed by atoms with E-state index in [9.17, 15) is 4.39 Å². The average molecular weight is 420 g/mol. The number of benzene rings is 1. The Labute approximate surface area is 149 Å². The van der Waals surface area contributed by atoms with Crippen LogP contribution in [-0.4, -0.2) is 37.5 Å². The molecule has 1 saturated carbocycles. The highest BCUT2D eigenvalue weighted by Crippen LogP contribution is 2.18. The Kier molecular flexibility index (Phi) is 8.09. The van der Waals surface area contributed by atoms with Crippen LogP contribution in [0.4, 0.5) is 4.39 Å². The SMILES string of the molecule is CCNC(=NCc1ccc(F)c(CN(C)C)c1)NC1CC1.I. The van der Waals surface area contributed by atoms with Crippen molar-refractivity contribution < 1.29 is 4.39 Å². The second-order valence-corrected chi connectivity index (χ2v) is 5.78. The van der Waals surface area contributed by atoms with Crippen molar-refractivity contribution in [2.24, 2.45) is 4.99 Å². The van der Waals surface area contributed by atoms with Crippen LogP contribution >= 0.6 is 24.0 Å². The summed E-state index contributed by atoms with van der Waals surface area (Å²) in [6.07, 6.45) is 2.43. The summed E-state index contributed by atoms with van der Waals surface area (Å²) in [5, 5.41) is 6.62. The Balaban J connectivity index is 0.00000242. The molecule has 1 aromatic carbocycles. The highest BCUT2D eigenvalue weighted by atomic mass is 127. The van der Waals surface area contributed by atoms with E-state index in [1.54, 1.807) is 6.07 Å². The van der Waals surface area contributed by atoms with Crippen LogP contribution in [0.2, 0.25) is 0 Å². The van der Waals surface area contributed by atoms with E-state index in [1.165, 1.54) is 18.9 Å². The molecule has 6 heteroatoms. The zero-order valence-corrected chi connectivity index (χ0v) is 15.9. The minimum absolute atomic E-state index is 0. The number of hydrogen-bond acceptors (Lipinski definition) is 2. The number of halogens is 2. The number of guanidine groups is 1. The van der Waals surface area contributed by atoms with Gasteiger partial charge < -0.3 is 15.5 Å². The van der Waals surface area contributed by atoms with Gasteiger partial charge in [-0.15, -0.1) is 24.0 Å². The lowest BCUT2D eigenvalue weighted by atomic mass is 10.1. The fourth-order valence-electron chi connectivity index (χ4n) is 2.10. The average Bonchev–Trinajstić information content (AvgIpc) is 3.23. The normalized spacial score (nSPS) is 14.7. The Hall–Kier alpha value is -0.890. The smallest absolute Gasteiger partial charge is 0.191 e. The highest BCUT2D eigenvalue weighted by molar-refractivity contribution is 14.0. The van der Waals surface area contributed by atoms with Crippen molar-refractivity contribution in [2.75, 3.05) is 20.6 Å². The van der Waals surface area contributed by atoms with Crippen molar-refractivity contribution in [1.29, 1.82) is 0 Å². The van der Waals surface area contributed by atoms with Gasteiger partial charge in [-0.05, 0) is 51.6 Å². The van der Waals surface area contributed by atoms with E-state index in [-0.39, 0.29) is 29.8 Å². The number of aliphatic imine (C=N–C) groups is 1. The maximum Gasteiger partial charge on any atom is 0.191 e. The number of nitrogens with zero attached hydrogens (tertiary/aromatic N) is 2. The van der Waals surface area contributed by atoms with Gasteiger partial charge in [0.2, 0.25) is 0 Å². The first-order chi connectivity index (χ1) is 10.1. The number of nitrogens with one attached hydrogen (secondary N) is 2. The molecule has 2 rings (SSSR count). The van der Waals surface area contributed by atoms with E-state index < -0.39 is 0 Å². The molecule has 0 saturated heterocycles. The van der Waals surface area contributed by atoms with Crippen molar-refractivity contribution in [2.45, 2.75) is 38.9 Å². The maximum absolute atomic E-state index is 13.7. The molecule has 4 nitrogen and oxygen atoms in total. The molecule has 0 unspecified atom stereocenters. The maximum atomic E-state index is 13.7. The Morgan fingerprint density at radius 2 is 2.09 bits per heavy atom. The molecule has 0 radical (unpaired) electrons. The van der Waals surface area contributed by atoms with Crippen molar-refractivity contribution in [3.63, 3.8) is 0 Å². The van der Waals surface area contributed by atoms with Crippen molar-refractivity contribution >= 4 is 29.9 Å². The minimum Gasteiger partial charge on any atom is -0.357 e. The number of hydrogen-bond donors (Lipinski definition) is 2. The van der Waals surface area contributed by atoms with Crippen LogP contribution in [0.3, 0.4) is 0 Å². The quantitative estimate of drug-likeness (QED) is 0.423. The molecule has 0 atom stereocenters. The van der Waals surface area contributed by atoms with Crippen LogP contribution in [0.15, 0.2) is 23.2 Å². The third-order valence-corrected chi connectivity index (χ3v) is 3.28. The predicted octanol–water partition coefficient (Wildman–Crippen LogP) is 2.72. The largest absolute Gasteiger partial charge is 0.357 e. The van der Waals surface area contributed by atoms with E-state index in [0.29, 0.717) is 24.7 Å². The Morgan fingerprint density at radius 1 is 1.36 bits per heavy atom. The van der Waals surface area contributed by atoms with E-state index in [1.807, 2.05) is 25.1 Å². The van der Waals surface area contributed by atoms with Gasteiger partial charge in [-0.3, -0.25) is 0 Å². The highest BCUT2D eigenvalue weighted by Gasteiger charge is 2.22. The molecule has 2 N–H and O–H groups in total. The van der Waals surface area contributed by atoms with Gasteiger partial charge in [0.15, 0.2) is 5.96 Å². The Morgan fingerprint density at radius 3 is 2.68 bits per heavy atom. The summed E-state index contributed by atoms with van der Waals surface area (Å²) in [6, 6.07) is 5.81. The summed E-state index contributed by atoms with van der Waals surface area (Å²) in [4.78, 5) is 6.53. The van der Waals surface area contributed by atoms with E-state index in [4.69, 9.17) is 0 Å². The lowest BCUT2D eigenvalue weighted by Crippen LogP contribution is -2.38. The summed E-state index contributed by atoms with van der Waals surface area (Å²) in [6.45, 7) is 4.05. The third-order valence-electron chi connectivity index (χ3n) is 3.28. The molecule has 0 aliphatic heterocycles. The predicted molar refractivity (Wildman–Crippen MR) is 100 cm³/mol. The molecule has 0 bridgehead atoms. The summed E-state index contributed by atoms with van der Waals surface area (Å²) in [7, 11) is 3.88. The third kappa shape index (κ3) is 6.48. The summed E-state index contributed by atoms with van der Waals surface area (Å²) in [5.74, 6) is 0.693. The van der Waals surface area contributed by atoms with Crippen molar-refractivity contribution in [3.8, 4) is 0 Å². The fraction of sp³-hybridized carbons (Fsp3) is 0.562. The first-order valence-corrected chi connectivity index (χ1v) is 7.55. The van der Waals surface area contributed by atoms with Crippen LogP contribution in [0.5, 0.6) is 0 Å². The lowest BCUT2D eigenvalue weighted by molar-refractivity contribution is 0.392. The second-order valence-electron chi connectivity index (χ2n) is 5.78. The molecule has 0 heterocycles. The molecule has 1 fully saturated rings. The lowest BCUT2D eigenvalue weighted by Gasteiger charge is -2.12. The van der Waals surface area contributed by atoms with Gasteiger partial charge in [0.1, 0.15) is 5.82 Å². The van der Waals surface area contributed by atoms with Gasteiger partial charge >= 0.3 is 0 Å². The molecule has 0 spiro atoms. The molecule has 124 valence electrons. The molecule has 22 heavy (non-hydrogen) atoms. The Bertz CT molecular complexity index is 501. The van der Waals surface area contributed by atoms with Crippen molar-refractivity contribution in [1.82, 2.24) is 15.5 Å². The molecule has 0 aromatic heterocycles. The van der Waals surface area contributed by atoms with Gasteiger partial charge in [-0.2, -0.15) is 0 Å². The number of rotatable bonds is 6. The molecular formula is C16H26FIN4. The van der Waals surface area contributed by atoms with Crippen LogP contribution in [0, 0.1) is 5.82 Å². The molecule has 0 amide bonds. The van der Waals surface area contributed by atoms with Gasteiger partial charge in [0, 0.05) is 24.7 Å². The molecule has 1 aromatic rings. The molecular weight excluding hydrogens is 394 g/mol. The van der Waals surface area contributed by atoms with Crippen LogP contribution in [0.1, 0.15) is 30.9 Å². The first-order valence-electron chi connectivity index (χ1n) is 7.55. The topological polar surface area (TPSA) is 39.7 Å². The zero-order valence-electron chi connectivity index (χ0n) is 13.5. The zero-order chi connectivity index (χ0) is 15.2. The van der Waals surface area contributed by atoms with E-state index in [0.717, 1.165) is 18.1 Å². The van der Waals surface area contributed by atoms with Gasteiger partial charge in [-0.25, -0.2) is 9.38 Å². The summed E-state index contributed by atoms with van der Waals surface area (Å²) in [5.41, 5.74) is 1.74. The van der Waals surface area contributed by atoms with Gasteiger partial charge in [0.05, 0.1) is 6.54 Å². The van der Waals surface area contributed by atoms with Crippen molar-refractivity contribution in [3.05, 3.63) is 35.1 Å². The summed E-state index contributed by atoms with van der Waals surface area (Å²) >= 11 is 0. The first kappa shape index (κ1) is 19.2. The van der Waals surface area contributed by atoms with Crippen LogP contribution in [-0.2, 0) is 13.1 Å². The van der Waals surface area contributed by atoms with Gasteiger partial charge in [0.25, 0.3) is 0 Å². The van der Waals surface area contributed by atoms with Gasteiger partial charge in [-0.1, -0.05) is 6.07 Å².